The molecular weight excluding hydrogens is 212 g/mol. The van der Waals surface area contributed by atoms with Crippen molar-refractivity contribution < 1.29 is 4.79 Å². The summed E-state index contributed by atoms with van der Waals surface area (Å²) in [6.07, 6.45) is 3.42. The molecule has 0 saturated heterocycles. The van der Waals surface area contributed by atoms with Gasteiger partial charge in [0.1, 0.15) is 17.2 Å². The number of nitrogens with one attached hydrogen (secondary N) is 2. The zero-order valence-electron chi connectivity index (χ0n) is 8.78. The zero-order valence-corrected chi connectivity index (χ0v) is 9.60. The van der Waals surface area contributed by atoms with Gasteiger partial charge in [-0.1, -0.05) is 0 Å². The highest BCUT2D eigenvalue weighted by molar-refractivity contribution is 7.98. The van der Waals surface area contributed by atoms with Gasteiger partial charge in [0, 0.05) is 12.6 Å². The average Bonchev–Trinajstić information content (AvgIpc) is 2.27. The first-order valence-corrected chi connectivity index (χ1v) is 5.85. The summed E-state index contributed by atoms with van der Waals surface area (Å²) >= 11 is 1.54. The maximum Gasteiger partial charge on any atom is 0.239 e. The van der Waals surface area contributed by atoms with Crippen molar-refractivity contribution in [2.75, 3.05) is 24.7 Å². The Kier molecular flexibility index (Phi) is 4.89. The number of thioether (sulfide) groups is 1. The molecule has 1 rings (SSSR count). The van der Waals surface area contributed by atoms with Crippen molar-refractivity contribution >= 4 is 23.5 Å². The highest BCUT2D eigenvalue weighted by Gasteiger charge is 2.00. The van der Waals surface area contributed by atoms with E-state index in [4.69, 9.17) is 0 Å². The molecule has 82 valence electrons. The smallest absolute Gasteiger partial charge is 0.239 e. The molecule has 0 saturated carbocycles. The minimum absolute atomic E-state index is 0.0400. The topological polar surface area (TPSA) is 66.9 Å². The highest BCUT2D eigenvalue weighted by atomic mass is 32.2. The second-order valence-corrected chi connectivity index (χ2v) is 3.58. The summed E-state index contributed by atoms with van der Waals surface area (Å²) in [6, 6.07) is 1.81. The van der Waals surface area contributed by atoms with Crippen molar-refractivity contribution in [3.8, 4) is 0 Å². The molecule has 5 nitrogen and oxygen atoms in total. The lowest BCUT2D eigenvalue weighted by molar-refractivity contribution is -0.119. The summed E-state index contributed by atoms with van der Waals surface area (Å²) in [5, 5.41) is 6.50. The standard InChI is InChI=1S/C9H14N4OS/c1-3-10-8(14)5-11-7-4-9(15-2)13-6-12-7/h4,6H,3,5H2,1-2H3,(H,10,14)(H,11,12,13). The predicted octanol–water partition coefficient (Wildman–Crippen LogP) is 0.746. The van der Waals surface area contributed by atoms with Crippen molar-refractivity contribution in [1.82, 2.24) is 15.3 Å². The number of aromatic nitrogens is 2. The maximum atomic E-state index is 11.1. The summed E-state index contributed by atoms with van der Waals surface area (Å²) in [5.41, 5.74) is 0. The van der Waals surface area contributed by atoms with Crippen LogP contribution >= 0.6 is 11.8 Å². The monoisotopic (exact) mass is 226 g/mol. The van der Waals surface area contributed by atoms with E-state index in [0.717, 1.165) is 5.03 Å². The molecule has 0 fully saturated rings. The van der Waals surface area contributed by atoms with E-state index in [9.17, 15) is 4.79 Å². The number of nitrogens with zero attached hydrogens (tertiary/aromatic N) is 2. The Morgan fingerprint density at radius 2 is 2.33 bits per heavy atom. The second kappa shape index (κ2) is 6.23. The van der Waals surface area contributed by atoms with Crippen LogP contribution in [0.4, 0.5) is 5.82 Å². The van der Waals surface area contributed by atoms with Gasteiger partial charge in [-0.15, -0.1) is 11.8 Å². The molecule has 1 aromatic rings. The predicted molar refractivity (Wildman–Crippen MR) is 61.0 cm³/mol. The SMILES string of the molecule is CCNC(=O)CNc1cc(SC)ncn1. The van der Waals surface area contributed by atoms with Crippen molar-refractivity contribution in [2.24, 2.45) is 0 Å². The molecule has 0 unspecified atom stereocenters. The average molecular weight is 226 g/mol. The highest BCUT2D eigenvalue weighted by Crippen LogP contribution is 2.13. The van der Waals surface area contributed by atoms with Crippen LogP contribution < -0.4 is 10.6 Å². The molecule has 0 aromatic carbocycles. The van der Waals surface area contributed by atoms with Gasteiger partial charge < -0.3 is 10.6 Å². The van der Waals surface area contributed by atoms with Gasteiger partial charge in [-0.3, -0.25) is 4.79 Å². The molecule has 6 heteroatoms. The first-order valence-electron chi connectivity index (χ1n) is 4.63. The minimum Gasteiger partial charge on any atom is -0.361 e. The number of likely N-dealkylation sites (N-methyl/N-ethyl adjacent to an activating group) is 1. The van der Waals surface area contributed by atoms with E-state index >= 15 is 0 Å². The Hall–Kier alpha value is -1.30. The van der Waals surface area contributed by atoms with Crippen molar-refractivity contribution in [2.45, 2.75) is 11.9 Å². The number of hydrogen-bond acceptors (Lipinski definition) is 5. The van der Waals surface area contributed by atoms with E-state index in [0.29, 0.717) is 12.4 Å². The molecule has 0 bridgehead atoms. The third kappa shape index (κ3) is 4.16. The lowest BCUT2D eigenvalue weighted by Crippen LogP contribution is -2.29. The molecule has 1 aromatic heterocycles. The van der Waals surface area contributed by atoms with Crippen molar-refractivity contribution in [3.05, 3.63) is 12.4 Å². The van der Waals surface area contributed by atoms with Crippen molar-refractivity contribution in [3.63, 3.8) is 0 Å². The largest absolute Gasteiger partial charge is 0.361 e. The molecule has 1 amide bonds. The van der Waals surface area contributed by atoms with Gasteiger partial charge in [0.25, 0.3) is 0 Å². The van der Waals surface area contributed by atoms with Gasteiger partial charge in [-0.05, 0) is 13.2 Å². The number of anilines is 1. The van der Waals surface area contributed by atoms with E-state index in [1.54, 1.807) is 0 Å². The third-order valence-electron chi connectivity index (χ3n) is 1.66. The summed E-state index contributed by atoms with van der Waals surface area (Å²) in [4.78, 5) is 19.2. The summed E-state index contributed by atoms with van der Waals surface area (Å²) in [6.45, 7) is 2.76. The zero-order chi connectivity index (χ0) is 11.1. The van der Waals surface area contributed by atoms with Crippen molar-refractivity contribution in [1.29, 1.82) is 0 Å². The van der Waals surface area contributed by atoms with E-state index in [1.807, 2.05) is 19.2 Å². The molecular formula is C9H14N4OS. The Morgan fingerprint density at radius 1 is 1.53 bits per heavy atom. The third-order valence-corrected chi connectivity index (χ3v) is 2.30. The molecule has 0 aliphatic rings. The quantitative estimate of drug-likeness (QED) is 0.573. The fraction of sp³-hybridized carbons (Fsp3) is 0.444. The van der Waals surface area contributed by atoms with Crippen LogP contribution in [0.1, 0.15) is 6.92 Å². The van der Waals surface area contributed by atoms with Crippen LogP contribution in [-0.4, -0.2) is 35.2 Å². The number of carbonyl (C=O) groups excluding carboxylic acids is 1. The Morgan fingerprint density at radius 3 is 3.00 bits per heavy atom. The van der Waals surface area contributed by atoms with Crippen LogP contribution in [0.2, 0.25) is 0 Å². The number of hydrogen-bond donors (Lipinski definition) is 2. The van der Waals surface area contributed by atoms with Gasteiger partial charge in [-0.25, -0.2) is 9.97 Å². The van der Waals surface area contributed by atoms with Crippen LogP contribution in [0.5, 0.6) is 0 Å². The Labute approximate surface area is 93.1 Å². The molecule has 2 N–H and O–H groups in total. The molecule has 15 heavy (non-hydrogen) atoms. The molecule has 0 aliphatic heterocycles. The molecule has 0 spiro atoms. The van der Waals surface area contributed by atoms with Crippen LogP contribution in [-0.2, 0) is 4.79 Å². The van der Waals surface area contributed by atoms with Gasteiger partial charge in [0.15, 0.2) is 0 Å². The van der Waals surface area contributed by atoms with Gasteiger partial charge in [-0.2, -0.15) is 0 Å². The van der Waals surface area contributed by atoms with E-state index in [1.165, 1.54) is 18.1 Å². The van der Waals surface area contributed by atoms with Crippen LogP contribution in [0.15, 0.2) is 17.4 Å². The summed E-state index contributed by atoms with van der Waals surface area (Å²) in [5.74, 6) is 0.627. The normalized spacial score (nSPS) is 9.73. The van der Waals surface area contributed by atoms with Crippen LogP contribution in [0, 0.1) is 0 Å². The molecule has 0 aliphatic carbocycles. The minimum atomic E-state index is -0.0400. The van der Waals surface area contributed by atoms with Crippen LogP contribution in [0.3, 0.4) is 0 Å². The van der Waals surface area contributed by atoms with Gasteiger partial charge >= 0.3 is 0 Å². The van der Waals surface area contributed by atoms with E-state index in [2.05, 4.69) is 20.6 Å². The number of amides is 1. The lowest BCUT2D eigenvalue weighted by Gasteiger charge is -2.05. The van der Waals surface area contributed by atoms with E-state index < -0.39 is 0 Å². The Balaban J connectivity index is 2.46. The molecule has 1 heterocycles. The first-order chi connectivity index (χ1) is 7.26. The first kappa shape index (κ1) is 11.8. The van der Waals surface area contributed by atoms with Gasteiger partial charge in [0.05, 0.1) is 6.54 Å². The maximum absolute atomic E-state index is 11.1. The van der Waals surface area contributed by atoms with Gasteiger partial charge in [0.2, 0.25) is 5.91 Å². The summed E-state index contributed by atoms with van der Waals surface area (Å²) < 4.78 is 0. The molecule has 0 atom stereocenters. The second-order valence-electron chi connectivity index (χ2n) is 2.75. The number of rotatable bonds is 5. The summed E-state index contributed by atoms with van der Waals surface area (Å²) in [7, 11) is 0. The number of carbonyl (C=O) groups is 1. The Bertz CT molecular complexity index is 332. The molecule has 0 radical (unpaired) electrons. The van der Waals surface area contributed by atoms with E-state index in [-0.39, 0.29) is 12.5 Å². The fourth-order valence-corrected chi connectivity index (χ4v) is 1.36. The lowest BCUT2D eigenvalue weighted by atomic mass is 10.5. The fourth-order valence-electron chi connectivity index (χ4n) is 0.978. The van der Waals surface area contributed by atoms with Crippen LogP contribution in [0.25, 0.3) is 0 Å².